The first-order valence-electron chi connectivity index (χ1n) is 5.02. The van der Waals surface area contributed by atoms with Crippen LogP contribution in [-0.2, 0) is 0 Å². The van der Waals surface area contributed by atoms with E-state index in [-0.39, 0.29) is 0 Å². The van der Waals surface area contributed by atoms with Gasteiger partial charge in [0.15, 0.2) is 0 Å². The molecule has 0 aliphatic carbocycles. The summed E-state index contributed by atoms with van der Waals surface area (Å²) in [5.74, 6) is 0. The molecular weight excluding hydrogens is 144 g/mol. The summed E-state index contributed by atoms with van der Waals surface area (Å²) >= 11 is 0. The Morgan fingerprint density at radius 3 is 2.42 bits per heavy atom. The zero-order valence-corrected chi connectivity index (χ0v) is 8.26. The molecule has 0 atom stereocenters. The van der Waals surface area contributed by atoms with E-state index in [0.717, 1.165) is 12.8 Å². The molecule has 0 rings (SSSR count). The van der Waals surface area contributed by atoms with Gasteiger partial charge in [0.25, 0.3) is 0 Å². The van der Waals surface area contributed by atoms with Crippen LogP contribution in [0.1, 0.15) is 45.4 Å². The average Bonchev–Trinajstić information content (AvgIpc) is 2.10. The topological polar surface area (TPSA) is 0 Å². The van der Waals surface area contributed by atoms with Crippen LogP contribution >= 0.6 is 0 Å². The highest BCUT2D eigenvalue weighted by molar-refractivity contribution is 5.01. The summed E-state index contributed by atoms with van der Waals surface area (Å²) in [5, 5.41) is 0. The fraction of sp³-hybridized carbons (Fsp3) is 0.583. The van der Waals surface area contributed by atoms with Crippen molar-refractivity contribution in [2.24, 2.45) is 0 Å². The summed E-state index contributed by atoms with van der Waals surface area (Å²) in [6.45, 7) is 5.97. The largest absolute Gasteiger partial charge is 0.0848 e. The highest BCUT2D eigenvalue weighted by Crippen LogP contribution is 2.02. The number of allylic oxidation sites excluding steroid dienone is 4. The molecule has 1 radical (unpaired) electrons. The standard InChI is InChI=1S/C12H21/c1-3-5-7-9-11-12-10-8-6-4-2/h6,8,10,12H,1,3-5,7,9,11H2,2H3/b8-6?,12-10-. The van der Waals surface area contributed by atoms with Crippen LogP contribution in [0.25, 0.3) is 0 Å². The first-order chi connectivity index (χ1) is 5.91. The monoisotopic (exact) mass is 165 g/mol. The Morgan fingerprint density at radius 1 is 1.00 bits per heavy atom. The summed E-state index contributed by atoms with van der Waals surface area (Å²) in [5.41, 5.74) is 0. The molecule has 0 fully saturated rings. The zero-order valence-electron chi connectivity index (χ0n) is 8.26. The normalized spacial score (nSPS) is 11.8. The highest BCUT2D eigenvalue weighted by atomic mass is 13.9. The summed E-state index contributed by atoms with van der Waals surface area (Å²) in [6, 6.07) is 0. The molecule has 12 heavy (non-hydrogen) atoms. The molecule has 0 unspecified atom stereocenters. The highest BCUT2D eigenvalue weighted by Gasteiger charge is 1.82. The molecule has 0 aromatic rings. The third kappa shape index (κ3) is 9.48. The Kier molecular flexibility index (Phi) is 10.0. The van der Waals surface area contributed by atoms with Crippen LogP contribution in [0.15, 0.2) is 24.3 Å². The van der Waals surface area contributed by atoms with Crippen molar-refractivity contribution in [3.8, 4) is 0 Å². The third-order valence-corrected chi connectivity index (χ3v) is 1.74. The maximum atomic E-state index is 3.81. The van der Waals surface area contributed by atoms with Crippen molar-refractivity contribution in [1.29, 1.82) is 0 Å². The van der Waals surface area contributed by atoms with Gasteiger partial charge < -0.3 is 0 Å². The van der Waals surface area contributed by atoms with Crippen LogP contribution in [-0.4, -0.2) is 0 Å². The first-order valence-corrected chi connectivity index (χ1v) is 5.02. The molecule has 0 heteroatoms. The molecule has 0 aromatic heterocycles. The van der Waals surface area contributed by atoms with Crippen LogP contribution < -0.4 is 0 Å². The average molecular weight is 165 g/mol. The lowest BCUT2D eigenvalue weighted by molar-refractivity contribution is 0.695. The number of hydrogen-bond donors (Lipinski definition) is 0. The van der Waals surface area contributed by atoms with Gasteiger partial charge in [-0.2, -0.15) is 0 Å². The van der Waals surface area contributed by atoms with Crippen LogP contribution in [0.2, 0.25) is 0 Å². The second-order valence-corrected chi connectivity index (χ2v) is 2.97. The van der Waals surface area contributed by atoms with Crippen LogP contribution in [0.3, 0.4) is 0 Å². The van der Waals surface area contributed by atoms with Crippen molar-refractivity contribution in [3.63, 3.8) is 0 Å². The first kappa shape index (κ1) is 11.5. The molecule has 0 nitrogen and oxygen atoms in total. The van der Waals surface area contributed by atoms with Gasteiger partial charge in [0, 0.05) is 0 Å². The summed E-state index contributed by atoms with van der Waals surface area (Å²) in [4.78, 5) is 0. The Morgan fingerprint density at radius 2 is 1.75 bits per heavy atom. The molecule has 0 saturated heterocycles. The van der Waals surface area contributed by atoms with Crippen molar-refractivity contribution in [3.05, 3.63) is 31.2 Å². The van der Waals surface area contributed by atoms with E-state index in [1.165, 1.54) is 25.7 Å². The Bertz CT molecular complexity index is 120. The fourth-order valence-corrected chi connectivity index (χ4v) is 1.01. The van der Waals surface area contributed by atoms with Crippen molar-refractivity contribution in [2.75, 3.05) is 0 Å². The molecule has 0 aromatic carbocycles. The summed E-state index contributed by atoms with van der Waals surface area (Å²) in [7, 11) is 0. The SMILES string of the molecule is [CH2]CCCCC/C=C\C=CCC. The number of unbranched alkanes of at least 4 members (excludes halogenated alkanes) is 4. The van der Waals surface area contributed by atoms with Crippen LogP contribution in [0, 0.1) is 6.92 Å². The molecule has 0 spiro atoms. The van der Waals surface area contributed by atoms with E-state index in [4.69, 9.17) is 0 Å². The maximum Gasteiger partial charge on any atom is -0.0348 e. The van der Waals surface area contributed by atoms with Gasteiger partial charge in [-0.25, -0.2) is 0 Å². The molecule has 0 aliphatic rings. The smallest absolute Gasteiger partial charge is 0.0348 e. The summed E-state index contributed by atoms with van der Waals surface area (Å²) < 4.78 is 0. The predicted molar refractivity (Wildman–Crippen MR) is 57.0 cm³/mol. The van der Waals surface area contributed by atoms with E-state index in [2.05, 4.69) is 38.2 Å². The minimum atomic E-state index is 1.08. The number of hydrogen-bond acceptors (Lipinski definition) is 0. The molecule has 0 amide bonds. The van der Waals surface area contributed by atoms with E-state index >= 15 is 0 Å². The molecule has 0 N–H and O–H groups in total. The maximum absolute atomic E-state index is 3.81. The van der Waals surface area contributed by atoms with E-state index < -0.39 is 0 Å². The molecule has 0 bridgehead atoms. The fourth-order valence-electron chi connectivity index (χ4n) is 1.01. The zero-order chi connectivity index (χ0) is 9.07. The van der Waals surface area contributed by atoms with Gasteiger partial charge in [-0.1, -0.05) is 57.4 Å². The Hall–Kier alpha value is -0.520. The van der Waals surface area contributed by atoms with Crippen LogP contribution in [0.5, 0.6) is 0 Å². The lowest BCUT2D eigenvalue weighted by Crippen LogP contribution is -1.73. The van der Waals surface area contributed by atoms with Gasteiger partial charge >= 0.3 is 0 Å². The Balaban J connectivity index is 3.07. The van der Waals surface area contributed by atoms with Crippen molar-refractivity contribution in [2.45, 2.75) is 45.4 Å². The van der Waals surface area contributed by atoms with Crippen molar-refractivity contribution < 1.29 is 0 Å². The van der Waals surface area contributed by atoms with E-state index in [1.807, 2.05) is 0 Å². The van der Waals surface area contributed by atoms with Gasteiger partial charge in [0.05, 0.1) is 0 Å². The molecular formula is C12H21. The third-order valence-electron chi connectivity index (χ3n) is 1.74. The second-order valence-electron chi connectivity index (χ2n) is 2.97. The van der Waals surface area contributed by atoms with Gasteiger partial charge in [-0.15, -0.1) is 0 Å². The van der Waals surface area contributed by atoms with Gasteiger partial charge in [-0.05, 0) is 19.3 Å². The lowest BCUT2D eigenvalue weighted by Gasteiger charge is -1.92. The van der Waals surface area contributed by atoms with Crippen molar-refractivity contribution in [1.82, 2.24) is 0 Å². The molecule has 69 valence electrons. The van der Waals surface area contributed by atoms with Gasteiger partial charge in [0.2, 0.25) is 0 Å². The summed E-state index contributed by atoms with van der Waals surface area (Å²) in [6.07, 6.45) is 16.0. The second kappa shape index (κ2) is 10.5. The van der Waals surface area contributed by atoms with E-state index in [0.29, 0.717) is 0 Å². The van der Waals surface area contributed by atoms with Gasteiger partial charge in [0.1, 0.15) is 0 Å². The quantitative estimate of drug-likeness (QED) is 0.390. The molecule has 0 heterocycles. The van der Waals surface area contributed by atoms with E-state index in [1.54, 1.807) is 0 Å². The van der Waals surface area contributed by atoms with Crippen LogP contribution in [0.4, 0.5) is 0 Å². The minimum absolute atomic E-state index is 1.08. The van der Waals surface area contributed by atoms with E-state index in [9.17, 15) is 0 Å². The lowest BCUT2D eigenvalue weighted by atomic mass is 10.1. The molecule has 0 saturated carbocycles. The number of rotatable bonds is 7. The van der Waals surface area contributed by atoms with Crippen molar-refractivity contribution >= 4 is 0 Å². The Labute approximate surface area is 77.4 Å². The minimum Gasteiger partial charge on any atom is -0.0848 e. The van der Waals surface area contributed by atoms with Gasteiger partial charge in [-0.3, -0.25) is 0 Å². The molecule has 0 aliphatic heterocycles. The predicted octanol–water partition coefficient (Wildman–Crippen LogP) is 4.29.